The SMILES string of the molecule is Cc1nc(NS(=O)(=O)c2cccc(Cl)c2C)ccc1CCc1ccccc1. The average molecular weight is 401 g/mol. The van der Waals surface area contributed by atoms with Crippen molar-refractivity contribution in [3.8, 4) is 0 Å². The molecule has 0 unspecified atom stereocenters. The molecule has 0 saturated heterocycles. The van der Waals surface area contributed by atoms with Gasteiger partial charge in [0, 0.05) is 10.7 Å². The summed E-state index contributed by atoms with van der Waals surface area (Å²) < 4.78 is 27.9. The minimum absolute atomic E-state index is 0.155. The zero-order chi connectivity index (χ0) is 19.4. The summed E-state index contributed by atoms with van der Waals surface area (Å²) in [5.74, 6) is 0.301. The number of pyridine rings is 1. The van der Waals surface area contributed by atoms with Crippen LogP contribution in [0.4, 0.5) is 5.82 Å². The standard InChI is InChI=1S/C21H21ClN2O2S/c1-15-19(22)9-6-10-20(15)27(25,26)24-21-14-13-18(16(2)23-21)12-11-17-7-4-3-5-8-17/h3-10,13-14H,11-12H2,1-2H3,(H,23,24). The summed E-state index contributed by atoms with van der Waals surface area (Å²) in [5.41, 5.74) is 3.69. The summed E-state index contributed by atoms with van der Waals surface area (Å²) in [6, 6.07) is 18.7. The van der Waals surface area contributed by atoms with Gasteiger partial charge in [0.15, 0.2) is 0 Å². The minimum Gasteiger partial charge on any atom is -0.263 e. The Bertz CT molecular complexity index is 1050. The number of hydrogen-bond acceptors (Lipinski definition) is 3. The molecule has 27 heavy (non-hydrogen) atoms. The number of aryl methyl sites for hydroxylation is 3. The molecule has 0 radical (unpaired) electrons. The van der Waals surface area contributed by atoms with Gasteiger partial charge >= 0.3 is 0 Å². The van der Waals surface area contributed by atoms with Gasteiger partial charge in [0.25, 0.3) is 10.0 Å². The summed E-state index contributed by atoms with van der Waals surface area (Å²) in [7, 11) is -3.75. The molecule has 0 fully saturated rings. The topological polar surface area (TPSA) is 59.1 Å². The van der Waals surface area contributed by atoms with Gasteiger partial charge < -0.3 is 0 Å². The fourth-order valence-corrected chi connectivity index (χ4v) is 4.41. The predicted octanol–water partition coefficient (Wildman–Crippen LogP) is 4.94. The summed E-state index contributed by atoms with van der Waals surface area (Å²) in [5, 5.41) is 0.415. The Kier molecular flexibility index (Phi) is 5.82. The molecule has 140 valence electrons. The largest absolute Gasteiger partial charge is 0.263 e. The highest BCUT2D eigenvalue weighted by molar-refractivity contribution is 7.92. The quantitative estimate of drug-likeness (QED) is 0.637. The smallest absolute Gasteiger partial charge is 0.263 e. The fourth-order valence-electron chi connectivity index (χ4n) is 2.91. The molecule has 3 aromatic rings. The van der Waals surface area contributed by atoms with E-state index in [2.05, 4.69) is 21.8 Å². The first-order chi connectivity index (χ1) is 12.9. The summed E-state index contributed by atoms with van der Waals surface area (Å²) >= 11 is 6.05. The molecule has 4 nitrogen and oxygen atoms in total. The molecule has 1 aromatic heterocycles. The van der Waals surface area contributed by atoms with E-state index in [0.29, 0.717) is 16.4 Å². The second-order valence-corrected chi connectivity index (χ2v) is 8.45. The first-order valence-electron chi connectivity index (χ1n) is 8.65. The molecule has 0 saturated carbocycles. The number of nitrogens with one attached hydrogen (secondary N) is 1. The third-order valence-electron chi connectivity index (χ3n) is 4.47. The minimum atomic E-state index is -3.75. The first kappa shape index (κ1) is 19.4. The average Bonchev–Trinajstić information content (AvgIpc) is 2.63. The number of benzene rings is 2. The molecule has 0 atom stereocenters. The lowest BCUT2D eigenvalue weighted by Gasteiger charge is -2.12. The third-order valence-corrected chi connectivity index (χ3v) is 6.38. The van der Waals surface area contributed by atoms with Crippen LogP contribution in [-0.4, -0.2) is 13.4 Å². The van der Waals surface area contributed by atoms with Crippen LogP contribution in [0.3, 0.4) is 0 Å². The van der Waals surface area contributed by atoms with E-state index in [-0.39, 0.29) is 4.90 Å². The normalized spacial score (nSPS) is 11.4. The molecule has 2 aromatic carbocycles. The second kappa shape index (κ2) is 8.11. The van der Waals surface area contributed by atoms with Crippen molar-refractivity contribution in [1.29, 1.82) is 0 Å². The maximum atomic E-state index is 12.7. The molecular weight excluding hydrogens is 380 g/mol. The van der Waals surface area contributed by atoms with E-state index in [1.165, 1.54) is 11.6 Å². The van der Waals surface area contributed by atoms with E-state index in [0.717, 1.165) is 24.1 Å². The van der Waals surface area contributed by atoms with Crippen molar-refractivity contribution in [2.45, 2.75) is 31.6 Å². The van der Waals surface area contributed by atoms with Crippen molar-refractivity contribution < 1.29 is 8.42 Å². The fraction of sp³-hybridized carbons (Fsp3) is 0.190. The van der Waals surface area contributed by atoms with Gasteiger partial charge in [-0.2, -0.15) is 0 Å². The lowest BCUT2D eigenvalue weighted by Crippen LogP contribution is -2.15. The molecular formula is C21H21ClN2O2S. The highest BCUT2D eigenvalue weighted by atomic mass is 35.5. The van der Waals surface area contributed by atoms with E-state index in [1.54, 1.807) is 25.1 Å². The first-order valence-corrected chi connectivity index (χ1v) is 10.5. The third kappa shape index (κ3) is 4.67. The maximum Gasteiger partial charge on any atom is 0.263 e. The van der Waals surface area contributed by atoms with Crippen LogP contribution in [0.5, 0.6) is 0 Å². The van der Waals surface area contributed by atoms with Crippen molar-refractivity contribution in [2.75, 3.05) is 4.72 Å². The number of anilines is 1. The van der Waals surface area contributed by atoms with Gasteiger partial charge in [0.1, 0.15) is 5.82 Å². The monoisotopic (exact) mass is 400 g/mol. The Labute approximate surface area is 165 Å². The molecule has 0 aliphatic heterocycles. The number of sulfonamides is 1. The van der Waals surface area contributed by atoms with Crippen LogP contribution < -0.4 is 4.72 Å². The lowest BCUT2D eigenvalue weighted by molar-refractivity contribution is 0.600. The molecule has 0 amide bonds. The van der Waals surface area contributed by atoms with Crippen molar-refractivity contribution in [2.24, 2.45) is 0 Å². The van der Waals surface area contributed by atoms with E-state index in [4.69, 9.17) is 11.6 Å². The zero-order valence-corrected chi connectivity index (χ0v) is 16.8. The van der Waals surface area contributed by atoms with Gasteiger partial charge in [-0.05, 0) is 61.6 Å². The van der Waals surface area contributed by atoms with Gasteiger partial charge in [-0.25, -0.2) is 13.4 Å². The Morgan fingerprint density at radius 2 is 1.67 bits per heavy atom. The van der Waals surface area contributed by atoms with Crippen molar-refractivity contribution in [1.82, 2.24) is 4.98 Å². The molecule has 6 heteroatoms. The van der Waals surface area contributed by atoms with Crippen LogP contribution in [0, 0.1) is 13.8 Å². The van der Waals surface area contributed by atoms with E-state index < -0.39 is 10.0 Å². The molecule has 3 rings (SSSR count). The second-order valence-electron chi connectivity index (χ2n) is 6.40. The number of nitrogens with zero attached hydrogens (tertiary/aromatic N) is 1. The van der Waals surface area contributed by atoms with Gasteiger partial charge in [0.2, 0.25) is 0 Å². The van der Waals surface area contributed by atoms with E-state index in [1.807, 2.05) is 31.2 Å². The molecule has 1 heterocycles. The van der Waals surface area contributed by atoms with Gasteiger partial charge in [0.05, 0.1) is 4.90 Å². The summed E-state index contributed by atoms with van der Waals surface area (Å²) in [4.78, 5) is 4.58. The van der Waals surface area contributed by atoms with Gasteiger partial charge in [-0.3, -0.25) is 4.72 Å². The number of rotatable bonds is 6. The predicted molar refractivity (Wildman–Crippen MR) is 110 cm³/mol. The van der Waals surface area contributed by atoms with E-state index >= 15 is 0 Å². The number of halogens is 1. The van der Waals surface area contributed by atoms with Gasteiger partial charge in [-0.15, -0.1) is 0 Å². The van der Waals surface area contributed by atoms with Crippen molar-refractivity contribution in [3.63, 3.8) is 0 Å². The Morgan fingerprint density at radius 3 is 2.37 bits per heavy atom. The van der Waals surface area contributed by atoms with E-state index in [9.17, 15) is 8.42 Å². The van der Waals surface area contributed by atoms with Crippen molar-refractivity contribution in [3.05, 3.63) is 88.1 Å². The zero-order valence-electron chi connectivity index (χ0n) is 15.2. The van der Waals surface area contributed by atoms with Crippen LogP contribution in [0.25, 0.3) is 0 Å². The Morgan fingerprint density at radius 1 is 0.926 bits per heavy atom. The highest BCUT2D eigenvalue weighted by Gasteiger charge is 2.19. The molecule has 0 aliphatic rings. The summed E-state index contributed by atoms with van der Waals surface area (Å²) in [6.45, 7) is 3.57. The molecule has 1 N–H and O–H groups in total. The maximum absolute atomic E-state index is 12.7. The summed E-state index contributed by atoms with van der Waals surface area (Å²) in [6.07, 6.45) is 1.76. The van der Waals surface area contributed by atoms with Crippen molar-refractivity contribution >= 4 is 27.4 Å². The van der Waals surface area contributed by atoms with Crippen LogP contribution in [0.2, 0.25) is 5.02 Å². The number of hydrogen-bond donors (Lipinski definition) is 1. The molecule has 0 spiro atoms. The van der Waals surface area contributed by atoms with Crippen LogP contribution >= 0.6 is 11.6 Å². The molecule has 0 aliphatic carbocycles. The number of aromatic nitrogens is 1. The molecule has 0 bridgehead atoms. The Balaban J connectivity index is 1.76. The van der Waals surface area contributed by atoms with Crippen LogP contribution in [0.15, 0.2) is 65.6 Å². The highest BCUT2D eigenvalue weighted by Crippen LogP contribution is 2.24. The van der Waals surface area contributed by atoms with Crippen LogP contribution in [0.1, 0.15) is 22.4 Å². The van der Waals surface area contributed by atoms with Crippen LogP contribution in [-0.2, 0) is 22.9 Å². The van der Waals surface area contributed by atoms with Gasteiger partial charge in [-0.1, -0.05) is 54.1 Å². The lowest BCUT2D eigenvalue weighted by atomic mass is 10.0. The Hall–Kier alpha value is -2.37.